The van der Waals surface area contributed by atoms with Gasteiger partial charge in [0.2, 0.25) is 0 Å². The van der Waals surface area contributed by atoms with Crippen molar-refractivity contribution in [2.24, 2.45) is 0 Å². The van der Waals surface area contributed by atoms with E-state index in [0.29, 0.717) is 5.69 Å². The van der Waals surface area contributed by atoms with Gasteiger partial charge in [-0.15, -0.1) is 0 Å². The molecule has 1 amide bonds. The maximum atomic E-state index is 12.7. The van der Waals surface area contributed by atoms with Gasteiger partial charge in [-0.25, -0.2) is 8.42 Å². The van der Waals surface area contributed by atoms with Gasteiger partial charge < -0.3 is 5.32 Å². The molecule has 0 spiro atoms. The van der Waals surface area contributed by atoms with E-state index in [-0.39, 0.29) is 27.4 Å². The highest BCUT2D eigenvalue weighted by molar-refractivity contribution is 7.92. The summed E-state index contributed by atoms with van der Waals surface area (Å²) in [7, 11) is -2.27. The van der Waals surface area contributed by atoms with Crippen molar-refractivity contribution in [2.45, 2.75) is 31.2 Å². The number of rotatable bonds is 6. The average Bonchev–Trinajstić information content (AvgIpc) is 2.62. The molecule has 7 heteroatoms. The number of nitrogens with one attached hydrogen (secondary N) is 1. The van der Waals surface area contributed by atoms with Crippen LogP contribution in [0.2, 0.25) is 5.02 Å². The second-order valence-corrected chi connectivity index (χ2v) is 8.11. The van der Waals surface area contributed by atoms with Crippen molar-refractivity contribution >= 4 is 33.2 Å². The van der Waals surface area contributed by atoms with E-state index in [2.05, 4.69) is 5.32 Å². The van der Waals surface area contributed by atoms with Gasteiger partial charge in [-0.1, -0.05) is 36.7 Å². The molecule has 2 rings (SSSR count). The zero-order valence-corrected chi connectivity index (χ0v) is 15.9. The number of nitrogens with zero attached hydrogens (tertiary/aromatic N) is 1. The Morgan fingerprint density at radius 3 is 2.44 bits per heavy atom. The van der Waals surface area contributed by atoms with Crippen molar-refractivity contribution in [1.29, 1.82) is 0 Å². The first-order chi connectivity index (χ1) is 11.8. The van der Waals surface area contributed by atoms with Gasteiger partial charge >= 0.3 is 0 Å². The lowest BCUT2D eigenvalue weighted by Crippen LogP contribution is -2.32. The molecule has 0 bridgehead atoms. The highest BCUT2D eigenvalue weighted by atomic mass is 35.5. The Morgan fingerprint density at radius 2 is 1.84 bits per heavy atom. The molecule has 25 heavy (non-hydrogen) atoms. The van der Waals surface area contributed by atoms with Crippen LogP contribution >= 0.6 is 11.6 Å². The smallest absolute Gasteiger partial charge is 0.264 e. The molecule has 0 radical (unpaired) electrons. The topological polar surface area (TPSA) is 66.5 Å². The quantitative estimate of drug-likeness (QED) is 0.831. The number of hydrogen-bond donors (Lipinski definition) is 1. The summed E-state index contributed by atoms with van der Waals surface area (Å²) in [5, 5.41) is 3.11. The molecular formula is C18H21ClN2O3S. The highest BCUT2D eigenvalue weighted by Gasteiger charge is 2.22. The van der Waals surface area contributed by atoms with Crippen LogP contribution in [0, 0.1) is 0 Å². The van der Waals surface area contributed by atoms with Crippen molar-refractivity contribution in [3.8, 4) is 0 Å². The number of halogens is 1. The monoisotopic (exact) mass is 380 g/mol. The molecular weight excluding hydrogens is 360 g/mol. The minimum absolute atomic E-state index is 0.00185. The first kappa shape index (κ1) is 19.3. The van der Waals surface area contributed by atoms with E-state index in [0.717, 1.165) is 10.7 Å². The molecule has 0 heterocycles. The molecule has 5 nitrogen and oxygen atoms in total. The molecule has 1 N–H and O–H groups in total. The predicted octanol–water partition coefficient (Wildman–Crippen LogP) is 3.69. The zero-order valence-electron chi connectivity index (χ0n) is 14.4. The van der Waals surface area contributed by atoms with Crippen molar-refractivity contribution in [3.63, 3.8) is 0 Å². The summed E-state index contributed by atoms with van der Waals surface area (Å²) in [5.41, 5.74) is 0.608. The van der Waals surface area contributed by atoms with E-state index in [1.54, 1.807) is 24.3 Å². The lowest BCUT2D eigenvalue weighted by atomic mass is 10.1. The average molecular weight is 381 g/mol. The molecule has 1 atom stereocenters. The van der Waals surface area contributed by atoms with E-state index in [1.165, 1.54) is 31.3 Å². The van der Waals surface area contributed by atoms with Crippen LogP contribution in [-0.2, 0) is 10.0 Å². The van der Waals surface area contributed by atoms with Crippen LogP contribution in [-0.4, -0.2) is 27.4 Å². The number of anilines is 1. The van der Waals surface area contributed by atoms with Crippen molar-refractivity contribution in [2.75, 3.05) is 11.4 Å². The molecule has 0 fully saturated rings. The van der Waals surface area contributed by atoms with Crippen LogP contribution in [0.4, 0.5) is 5.69 Å². The number of amides is 1. The largest absolute Gasteiger partial charge is 0.350 e. The summed E-state index contributed by atoms with van der Waals surface area (Å²) < 4.78 is 26.6. The minimum Gasteiger partial charge on any atom is -0.350 e. The number of sulfonamides is 1. The second-order valence-electron chi connectivity index (χ2n) is 5.73. The predicted molar refractivity (Wildman–Crippen MR) is 101 cm³/mol. The fourth-order valence-electron chi connectivity index (χ4n) is 2.18. The standard InChI is InChI=1S/C18H21ClN2O3S/c1-4-13(2)20-18(22)16-12-14(10-11-17(16)19)21(3)25(23,24)15-8-6-5-7-9-15/h5-13H,4H2,1-3H3,(H,20,22)/t13-/m1/s1. The van der Waals surface area contributed by atoms with Crippen LogP contribution < -0.4 is 9.62 Å². The van der Waals surface area contributed by atoms with Crippen LogP contribution in [0.5, 0.6) is 0 Å². The van der Waals surface area contributed by atoms with E-state index >= 15 is 0 Å². The van der Waals surface area contributed by atoms with Crippen LogP contribution in [0.3, 0.4) is 0 Å². The molecule has 0 saturated carbocycles. The lowest BCUT2D eigenvalue weighted by Gasteiger charge is -2.21. The van der Waals surface area contributed by atoms with E-state index in [9.17, 15) is 13.2 Å². The summed E-state index contributed by atoms with van der Waals surface area (Å²) in [5.74, 6) is -0.327. The molecule has 2 aromatic rings. The van der Waals surface area contributed by atoms with E-state index in [1.807, 2.05) is 13.8 Å². The third kappa shape index (κ3) is 4.32. The summed E-state index contributed by atoms with van der Waals surface area (Å²) in [6.07, 6.45) is 0.783. The Bertz CT molecular complexity index is 854. The molecule has 0 aromatic heterocycles. The molecule has 0 aliphatic heterocycles. The first-order valence-corrected chi connectivity index (χ1v) is 9.73. The summed E-state index contributed by atoms with van der Waals surface area (Å²) in [6, 6.07) is 12.7. The lowest BCUT2D eigenvalue weighted by molar-refractivity contribution is 0.0939. The van der Waals surface area contributed by atoms with Gasteiger partial charge in [0.15, 0.2) is 0 Å². The SMILES string of the molecule is CC[C@@H](C)NC(=O)c1cc(N(C)S(=O)(=O)c2ccccc2)ccc1Cl. The Kier molecular flexibility index (Phi) is 6.08. The third-order valence-corrected chi connectivity index (χ3v) is 6.08. The van der Waals surface area contributed by atoms with Gasteiger partial charge in [-0.05, 0) is 43.7 Å². The van der Waals surface area contributed by atoms with Crippen LogP contribution in [0.1, 0.15) is 30.6 Å². The maximum absolute atomic E-state index is 12.7. The van der Waals surface area contributed by atoms with Crippen LogP contribution in [0.25, 0.3) is 0 Å². The second kappa shape index (κ2) is 7.89. The van der Waals surface area contributed by atoms with Gasteiger partial charge in [0, 0.05) is 13.1 Å². The normalized spacial score (nSPS) is 12.5. The fourth-order valence-corrected chi connectivity index (χ4v) is 3.59. The summed E-state index contributed by atoms with van der Waals surface area (Å²) >= 11 is 6.12. The third-order valence-electron chi connectivity index (χ3n) is 3.95. The van der Waals surface area contributed by atoms with Gasteiger partial charge in [0.25, 0.3) is 15.9 Å². The van der Waals surface area contributed by atoms with Gasteiger partial charge in [0.1, 0.15) is 0 Å². The minimum atomic E-state index is -3.72. The molecule has 0 aliphatic rings. The van der Waals surface area contributed by atoms with E-state index in [4.69, 9.17) is 11.6 Å². The Morgan fingerprint density at radius 1 is 1.20 bits per heavy atom. The zero-order chi connectivity index (χ0) is 18.6. The maximum Gasteiger partial charge on any atom is 0.264 e. The fraction of sp³-hybridized carbons (Fsp3) is 0.278. The van der Waals surface area contributed by atoms with Gasteiger partial charge in [0.05, 0.1) is 21.2 Å². The summed E-state index contributed by atoms with van der Waals surface area (Å²) in [6.45, 7) is 3.85. The Labute approximate surface area is 153 Å². The molecule has 0 saturated heterocycles. The molecule has 0 unspecified atom stereocenters. The van der Waals surface area contributed by atoms with Crippen molar-refractivity contribution in [1.82, 2.24) is 5.32 Å². The van der Waals surface area contributed by atoms with E-state index < -0.39 is 10.0 Å². The summed E-state index contributed by atoms with van der Waals surface area (Å²) in [4.78, 5) is 12.5. The Balaban J connectivity index is 2.37. The number of carbonyl (C=O) groups excluding carboxylic acids is 1. The number of benzene rings is 2. The molecule has 134 valence electrons. The number of carbonyl (C=O) groups is 1. The first-order valence-electron chi connectivity index (χ1n) is 7.91. The molecule has 0 aliphatic carbocycles. The Hall–Kier alpha value is -2.05. The van der Waals surface area contributed by atoms with Gasteiger partial charge in [-0.2, -0.15) is 0 Å². The number of hydrogen-bond acceptors (Lipinski definition) is 3. The van der Waals surface area contributed by atoms with Crippen molar-refractivity contribution in [3.05, 3.63) is 59.1 Å². The van der Waals surface area contributed by atoms with Gasteiger partial charge in [-0.3, -0.25) is 9.10 Å². The van der Waals surface area contributed by atoms with Crippen LogP contribution in [0.15, 0.2) is 53.4 Å². The molecule has 2 aromatic carbocycles. The van der Waals surface area contributed by atoms with Crippen molar-refractivity contribution < 1.29 is 13.2 Å². The highest BCUT2D eigenvalue weighted by Crippen LogP contribution is 2.26.